The first-order valence-corrected chi connectivity index (χ1v) is 5.78. The van der Waals surface area contributed by atoms with Crippen LogP contribution in [0.1, 0.15) is 38.5 Å². The lowest BCUT2D eigenvalue weighted by atomic mass is 9.80. The standard InChI is InChI=1S/C11H17NO4/c13-8-6-9(14)12(7-8)11(10(15)16)4-2-1-3-5-11/h8,13H,1-7H2,(H,15,16). The van der Waals surface area contributed by atoms with Crippen LogP contribution in [0.5, 0.6) is 0 Å². The summed E-state index contributed by atoms with van der Waals surface area (Å²) in [6.07, 6.45) is 3.10. The van der Waals surface area contributed by atoms with Gasteiger partial charge in [0.25, 0.3) is 0 Å². The second-order valence-electron chi connectivity index (χ2n) is 4.76. The monoisotopic (exact) mass is 227 g/mol. The number of aliphatic hydroxyl groups excluding tert-OH is 1. The van der Waals surface area contributed by atoms with E-state index in [4.69, 9.17) is 0 Å². The fraction of sp³-hybridized carbons (Fsp3) is 0.818. The number of carboxylic acid groups (broad SMARTS) is 1. The Morgan fingerprint density at radius 2 is 1.94 bits per heavy atom. The van der Waals surface area contributed by atoms with Crippen molar-refractivity contribution in [2.24, 2.45) is 0 Å². The van der Waals surface area contributed by atoms with Gasteiger partial charge in [0.2, 0.25) is 5.91 Å². The number of hydrogen-bond acceptors (Lipinski definition) is 3. The summed E-state index contributed by atoms with van der Waals surface area (Å²) in [5, 5.41) is 18.8. The normalized spacial score (nSPS) is 29.4. The molecule has 0 bridgehead atoms. The third-order valence-corrected chi connectivity index (χ3v) is 3.70. The van der Waals surface area contributed by atoms with Gasteiger partial charge in [-0.25, -0.2) is 4.79 Å². The Morgan fingerprint density at radius 3 is 2.38 bits per heavy atom. The van der Waals surface area contributed by atoms with Gasteiger partial charge in [0, 0.05) is 6.54 Å². The van der Waals surface area contributed by atoms with E-state index in [0.29, 0.717) is 12.8 Å². The number of aliphatic hydroxyl groups is 1. The molecule has 1 heterocycles. The van der Waals surface area contributed by atoms with Crippen molar-refractivity contribution in [1.82, 2.24) is 4.90 Å². The third kappa shape index (κ3) is 1.69. The summed E-state index contributed by atoms with van der Waals surface area (Å²) in [7, 11) is 0. The first kappa shape index (κ1) is 11.4. The second-order valence-corrected chi connectivity index (χ2v) is 4.76. The van der Waals surface area contributed by atoms with Crippen molar-refractivity contribution in [3.8, 4) is 0 Å². The zero-order valence-electron chi connectivity index (χ0n) is 9.19. The van der Waals surface area contributed by atoms with Crippen LogP contribution in [0.15, 0.2) is 0 Å². The molecule has 1 aliphatic carbocycles. The number of carbonyl (C=O) groups is 2. The number of nitrogens with zero attached hydrogens (tertiary/aromatic N) is 1. The molecule has 1 aliphatic heterocycles. The Balaban J connectivity index is 2.25. The highest BCUT2D eigenvalue weighted by atomic mass is 16.4. The Hall–Kier alpha value is -1.10. The molecule has 0 aromatic carbocycles. The van der Waals surface area contributed by atoms with Crippen molar-refractivity contribution in [2.45, 2.75) is 50.2 Å². The number of hydrogen-bond donors (Lipinski definition) is 2. The first-order chi connectivity index (χ1) is 7.56. The largest absolute Gasteiger partial charge is 0.479 e. The zero-order chi connectivity index (χ0) is 11.8. The van der Waals surface area contributed by atoms with Gasteiger partial charge in [-0.05, 0) is 12.8 Å². The molecule has 5 nitrogen and oxygen atoms in total. The maximum Gasteiger partial charge on any atom is 0.329 e. The van der Waals surface area contributed by atoms with E-state index < -0.39 is 17.6 Å². The lowest BCUT2D eigenvalue weighted by Crippen LogP contribution is -2.56. The average molecular weight is 227 g/mol. The zero-order valence-corrected chi connectivity index (χ0v) is 9.19. The number of carbonyl (C=O) groups excluding carboxylic acids is 1. The molecule has 2 aliphatic rings. The van der Waals surface area contributed by atoms with E-state index in [9.17, 15) is 19.8 Å². The average Bonchev–Trinajstić information content (AvgIpc) is 2.59. The number of rotatable bonds is 2. The van der Waals surface area contributed by atoms with Crippen LogP contribution in [0.4, 0.5) is 0 Å². The Bertz CT molecular complexity index is 307. The molecular weight excluding hydrogens is 210 g/mol. The SMILES string of the molecule is O=C1CC(O)CN1C1(C(=O)O)CCCCC1. The topological polar surface area (TPSA) is 77.8 Å². The molecule has 2 rings (SSSR count). The molecule has 1 unspecified atom stereocenters. The Labute approximate surface area is 94.0 Å². The van der Waals surface area contributed by atoms with Gasteiger partial charge >= 0.3 is 5.97 Å². The van der Waals surface area contributed by atoms with Gasteiger partial charge in [0.1, 0.15) is 5.54 Å². The number of amides is 1. The van der Waals surface area contributed by atoms with Crippen LogP contribution in [0, 0.1) is 0 Å². The highest BCUT2D eigenvalue weighted by Gasteiger charge is 2.50. The van der Waals surface area contributed by atoms with Gasteiger partial charge in [-0.3, -0.25) is 4.79 Å². The predicted molar refractivity (Wildman–Crippen MR) is 55.8 cm³/mol. The Morgan fingerprint density at radius 1 is 1.31 bits per heavy atom. The molecule has 1 saturated heterocycles. The van der Waals surface area contributed by atoms with E-state index in [-0.39, 0.29) is 18.9 Å². The fourth-order valence-electron chi connectivity index (χ4n) is 2.84. The van der Waals surface area contributed by atoms with Crippen molar-refractivity contribution in [3.05, 3.63) is 0 Å². The molecular formula is C11H17NO4. The summed E-state index contributed by atoms with van der Waals surface area (Å²) in [4.78, 5) is 24.5. The predicted octanol–water partition coefficient (Wildman–Crippen LogP) is 0.367. The molecule has 2 fully saturated rings. The lowest BCUT2D eigenvalue weighted by Gasteiger charge is -2.40. The molecule has 0 aromatic rings. The number of carboxylic acids is 1. The summed E-state index contributed by atoms with van der Waals surface area (Å²) in [6, 6.07) is 0. The van der Waals surface area contributed by atoms with Gasteiger partial charge in [0.15, 0.2) is 0 Å². The first-order valence-electron chi connectivity index (χ1n) is 5.78. The van der Waals surface area contributed by atoms with E-state index in [2.05, 4.69) is 0 Å². The molecule has 0 spiro atoms. The fourth-order valence-corrected chi connectivity index (χ4v) is 2.84. The quantitative estimate of drug-likeness (QED) is 0.714. The molecule has 1 saturated carbocycles. The molecule has 2 N–H and O–H groups in total. The lowest BCUT2D eigenvalue weighted by molar-refractivity contribution is -0.159. The summed E-state index contributed by atoms with van der Waals surface area (Å²) < 4.78 is 0. The van der Waals surface area contributed by atoms with Gasteiger partial charge in [-0.15, -0.1) is 0 Å². The smallest absolute Gasteiger partial charge is 0.329 e. The molecule has 1 atom stereocenters. The van der Waals surface area contributed by atoms with Gasteiger partial charge in [-0.2, -0.15) is 0 Å². The van der Waals surface area contributed by atoms with Crippen molar-refractivity contribution in [3.63, 3.8) is 0 Å². The van der Waals surface area contributed by atoms with E-state index in [0.717, 1.165) is 19.3 Å². The van der Waals surface area contributed by atoms with Crippen LogP contribution in [0.3, 0.4) is 0 Å². The molecule has 1 amide bonds. The van der Waals surface area contributed by atoms with Crippen LogP contribution in [-0.2, 0) is 9.59 Å². The van der Waals surface area contributed by atoms with Crippen LogP contribution in [0.2, 0.25) is 0 Å². The summed E-state index contributed by atoms with van der Waals surface area (Å²) in [6.45, 7) is 0.172. The van der Waals surface area contributed by atoms with Gasteiger partial charge in [0.05, 0.1) is 12.5 Å². The van der Waals surface area contributed by atoms with E-state index in [1.165, 1.54) is 4.90 Å². The minimum atomic E-state index is -1.05. The summed E-state index contributed by atoms with van der Waals surface area (Å²) in [5.74, 6) is -1.15. The number of aliphatic carboxylic acids is 1. The van der Waals surface area contributed by atoms with Crippen LogP contribution in [-0.4, -0.2) is 45.2 Å². The van der Waals surface area contributed by atoms with Gasteiger partial charge in [-0.1, -0.05) is 19.3 Å². The van der Waals surface area contributed by atoms with E-state index in [1.807, 2.05) is 0 Å². The van der Waals surface area contributed by atoms with Crippen molar-refractivity contribution >= 4 is 11.9 Å². The minimum Gasteiger partial charge on any atom is -0.479 e. The third-order valence-electron chi connectivity index (χ3n) is 3.70. The van der Waals surface area contributed by atoms with Crippen molar-refractivity contribution in [1.29, 1.82) is 0 Å². The molecule has 0 radical (unpaired) electrons. The van der Waals surface area contributed by atoms with E-state index >= 15 is 0 Å². The van der Waals surface area contributed by atoms with Crippen molar-refractivity contribution in [2.75, 3.05) is 6.54 Å². The van der Waals surface area contributed by atoms with Crippen LogP contribution >= 0.6 is 0 Å². The number of likely N-dealkylation sites (tertiary alicyclic amines) is 1. The number of β-amino-alcohol motifs (C(OH)–C–C–N with tert-alkyl or cyclic N) is 1. The van der Waals surface area contributed by atoms with Gasteiger partial charge < -0.3 is 15.1 Å². The molecule has 0 aromatic heterocycles. The molecule has 90 valence electrons. The van der Waals surface area contributed by atoms with Crippen LogP contribution < -0.4 is 0 Å². The van der Waals surface area contributed by atoms with Crippen molar-refractivity contribution < 1.29 is 19.8 Å². The highest BCUT2D eigenvalue weighted by molar-refractivity contribution is 5.88. The highest BCUT2D eigenvalue weighted by Crippen LogP contribution is 2.36. The Kier molecular flexibility index (Phi) is 2.88. The maximum atomic E-state index is 11.7. The molecule has 5 heteroatoms. The second kappa shape index (κ2) is 4.05. The van der Waals surface area contributed by atoms with E-state index in [1.54, 1.807) is 0 Å². The summed E-state index contributed by atoms with van der Waals surface area (Å²) in [5.41, 5.74) is -1.05. The minimum absolute atomic E-state index is 0.0645. The molecule has 16 heavy (non-hydrogen) atoms. The maximum absolute atomic E-state index is 11.7. The summed E-state index contributed by atoms with van der Waals surface area (Å²) >= 11 is 0. The van der Waals surface area contributed by atoms with Crippen LogP contribution in [0.25, 0.3) is 0 Å².